The van der Waals surface area contributed by atoms with E-state index in [1.807, 2.05) is 42.3 Å². The molecule has 130 valence electrons. The Kier molecular flexibility index (Phi) is 3.54. The van der Waals surface area contributed by atoms with Crippen molar-refractivity contribution in [2.24, 2.45) is 0 Å². The van der Waals surface area contributed by atoms with Crippen molar-refractivity contribution in [1.29, 1.82) is 0 Å². The summed E-state index contributed by atoms with van der Waals surface area (Å²) in [5.74, 6) is -0.268. The monoisotopic (exact) mass is 341 g/mol. The molecule has 0 spiro atoms. The Labute approximate surface area is 144 Å². The van der Waals surface area contributed by atoms with Crippen LogP contribution in [0.1, 0.15) is 40.9 Å². The molecule has 1 aromatic carbocycles. The maximum atomic E-state index is 13.2. The standard InChI is InChI=1S/C18H19N3O4/c1-3-19-17(11-7-5-4-6-8-11)20-10-14(23)12-9-13(22)16(25-2)15(18(19)24)21(12)20/h4-9,14,17,23H,3,10H2,1-2H3. The lowest BCUT2D eigenvalue weighted by Gasteiger charge is -2.44. The van der Waals surface area contributed by atoms with Gasteiger partial charge in [0.15, 0.2) is 11.4 Å². The minimum atomic E-state index is -0.840. The summed E-state index contributed by atoms with van der Waals surface area (Å²) in [7, 11) is 1.38. The highest BCUT2D eigenvalue weighted by molar-refractivity contribution is 5.97. The number of nitrogens with zero attached hydrogens (tertiary/aromatic N) is 3. The minimum absolute atomic E-state index is 0.0119. The van der Waals surface area contributed by atoms with Gasteiger partial charge in [-0.2, -0.15) is 0 Å². The summed E-state index contributed by atoms with van der Waals surface area (Å²) in [5, 5.41) is 12.4. The van der Waals surface area contributed by atoms with Crippen LogP contribution in [-0.2, 0) is 0 Å². The molecule has 0 saturated heterocycles. The Hall–Kier alpha value is -2.80. The van der Waals surface area contributed by atoms with Gasteiger partial charge < -0.3 is 14.7 Å². The molecule has 2 unspecified atom stereocenters. The number of rotatable bonds is 3. The summed E-state index contributed by atoms with van der Waals surface area (Å²) >= 11 is 0. The molecule has 0 aliphatic carbocycles. The lowest BCUT2D eigenvalue weighted by molar-refractivity contribution is 0.0582. The van der Waals surface area contributed by atoms with Crippen molar-refractivity contribution >= 4 is 5.91 Å². The third kappa shape index (κ3) is 2.09. The van der Waals surface area contributed by atoms with Crippen LogP contribution in [0, 0.1) is 0 Å². The van der Waals surface area contributed by atoms with Crippen molar-refractivity contribution in [3.05, 3.63) is 63.6 Å². The average Bonchev–Trinajstić information content (AvgIpc) is 2.94. The van der Waals surface area contributed by atoms with Crippen LogP contribution in [0.25, 0.3) is 0 Å². The van der Waals surface area contributed by atoms with Gasteiger partial charge in [-0.15, -0.1) is 0 Å². The second kappa shape index (κ2) is 5.63. The first kappa shape index (κ1) is 15.7. The maximum Gasteiger partial charge on any atom is 0.278 e. The molecule has 0 bridgehead atoms. The zero-order valence-electron chi connectivity index (χ0n) is 14.0. The SMILES string of the molecule is CCN1C(=O)c2c(OC)c(=O)cc3n2N(CC3O)C1c1ccccc1. The van der Waals surface area contributed by atoms with Gasteiger partial charge in [-0.05, 0) is 12.5 Å². The van der Waals surface area contributed by atoms with E-state index in [1.165, 1.54) is 13.2 Å². The second-order valence-corrected chi connectivity index (χ2v) is 6.14. The maximum absolute atomic E-state index is 13.2. The van der Waals surface area contributed by atoms with Crippen molar-refractivity contribution < 1.29 is 14.6 Å². The zero-order valence-corrected chi connectivity index (χ0v) is 14.0. The van der Waals surface area contributed by atoms with Crippen molar-refractivity contribution in [1.82, 2.24) is 9.58 Å². The van der Waals surface area contributed by atoms with Gasteiger partial charge in [0.05, 0.1) is 19.3 Å². The predicted octanol–water partition coefficient (Wildman–Crippen LogP) is 1.02. The van der Waals surface area contributed by atoms with E-state index in [0.717, 1.165) is 5.56 Å². The molecule has 3 heterocycles. The van der Waals surface area contributed by atoms with Crippen LogP contribution in [0.4, 0.5) is 0 Å². The van der Waals surface area contributed by atoms with Gasteiger partial charge in [0, 0.05) is 12.6 Å². The molecule has 0 radical (unpaired) electrons. The Bertz CT molecular complexity index is 893. The molecule has 1 amide bonds. The van der Waals surface area contributed by atoms with Crippen LogP contribution in [0.5, 0.6) is 5.75 Å². The number of ether oxygens (including phenoxy) is 1. The summed E-state index contributed by atoms with van der Waals surface area (Å²) in [6.45, 7) is 2.65. The Balaban J connectivity index is 2.00. The van der Waals surface area contributed by atoms with E-state index in [2.05, 4.69) is 0 Å². The highest BCUT2D eigenvalue weighted by Crippen LogP contribution is 2.39. The molecule has 4 rings (SSSR count). The van der Waals surface area contributed by atoms with Crippen LogP contribution < -0.4 is 15.2 Å². The Morgan fingerprint density at radius 1 is 1.24 bits per heavy atom. The molecule has 1 aromatic heterocycles. The minimum Gasteiger partial charge on any atom is -0.491 e. The summed E-state index contributed by atoms with van der Waals surface area (Å²) in [4.78, 5) is 27.2. The third-order valence-corrected chi connectivity index (χ3v) is 4.82. The van der Waals surface area contributed by atoms with Crippen molar-refractivity contribution in [2.45, 2.75) is 19.2 Å². The quantitative estimate of drug-likeness (QED) is 0.902. The van der Waals surface area contributed by atoms with Gasteiger partial charge in [0.1, 0.15) is 12.3 Å². The van der Waals surface area contributed by atoms with Gasteiger partial charge in [0.2, 0.25) is 5.43 Å². The van der Waals surface area contributed by atoms with Gasteiger partial charge in [0.25, 0.3) is 5.91 Å². The third-order valence-electron chi connectivity index (χ3n) is 4.82. The largest absolute Gasteiger partial charge is 0.491 e. The number of aliphatic hydroxyl groups is 1. The van der Waals surface area contributed by atoms with Gasteiger partial charge in [-0.1, -0.05) is 30.3 Å². The molecule has 1 N–H and O–H groups in total. The second-order valence-electron chi connectivity index (χ2n) is 6.14. The van der Waals surface area contributed by atoms with Crippen LogP contribution in [-0.4, -0.2) is 40.8 Å². The number of carbonyl (C=O) groups is 1. The number of hydrogen-bond acceptors (Lipinski definition) is 5. The topological polar surface area (TPSA) is 75.0 Å². The fraction of sp³-hybridized carbons (Fsp3) is 0.333. The number of carbonyl (C=O) groups excluding carboxylic acids is 1. The number of pyridine rings is 1. The molecule has 2 aromatic rings. The van der Waals surface area contributed by atoms with E-state index in [4.69, 9.17) is 4.74 Å². The van der Waals surface area contributed by atoms with Crippen molar-refractivity contribution in [3.63, 3.8) is 0 Å². The van der Waals surface area contributed by atoms with Crippen LogP contribution in [0.3, 0.4) is 0 Å². The molecule has 2 aliphatic heterocycles. The smallest absolute Gasteiger partial charge is 0.278 e. The van der Waals surface area contributed by atoms with Gasteiger partial charge >= 0.3 is 0 Å². The number of methoxy groups -OCH3 is 1. The number of benzene rings is 1. The summed E-state index contributed by atoms with van der Waals surface area (Å²) in [5.41, 5.74) is 1.15. The van der Waals surface area contributed by atoms with E-state index in [0.29, 0.717) is 18.8 Å². The highest BCUT2D eigenvalue weighted by atomic mass is 16.5. The van der Waals surface area contributed by atoms with E-state index in [1.54, 1.807) is 9.58 Å². The molecule has 7 nitrogen and oxygen atoms in total. The molecule has 2 aliphatic rings. The van der Waals surface area contributed by atoms with Crippen LogP contribution in [0.2, 0.25) is 0 Å². The van der Waals surface area contributed by atoms with Crippen molar-refractivity contribution in [3.8, 4) is 5.75 Å². The van der Waals surface area contributed by atoms with E-state index in [-0.39, 0.29) is 23.5 Å². The zero-order chi connectivity index (χ0) is 17.7. The highest BCUT2D eigenvalue weighted by Gasteiger charge is 2.45. The number of aliphatic hydroxyl groups excluding tert-OH is 1. The lowest BCUT2D eigenvalue weighted by Crippen LogP contribution is -2.54. The average molecular weight is 341 g/mol. The lowest BCUT2D eigenvalue weighted by atomic mass is 10.1. The summed E-state index contributed by atoms with van der Waals surface area (Å²) < 4.78 is 6.87. The summed E-state index contributed by atoms with van der Waals surface area (Å²) in [6, 6.07) is 11.0. The molecular weight excluding hydrogens is 322 g/mol. The number of aromatic nitrogens is 1. The van der Waals surface area contributed by atoms with Crippen LogP contribution >= 0.6 is 0 Å². The Morgan fingerprint density at radius 2 is 1.96 bits per heavy atom. The first-order valence-electron chi connectivity index (χ1n) is 8.23. The van der Waals surface area contributed by atoms with Gasteiger partial charge in [-0.25, -0.2) is 4.68 Å². The van der Waals surface area contributed by atoms with E-state index >= 15 is 0 Å². The first-order valence-corrected chi connectivity index (χ1v) is 8.23. The fourth-order valence-electron chi connectivity index (χ4n) is 3.77. The van der Waals surface area contributed by atoms with Crippen molar-refractivity contribution in [2.75, 3.05) is 25.2 Å². The van der Waals surface area contributed by atoms with E-state index < -0.39 is 11.5 Å². The molecule has 0 fully saturated rings. The number of hydrogen-bond donors (Lipinski definition) is 1. The van der Waals surface area contributed by atoms with Gasteiger partial charge in [-0.3, -0.25) is 14.6 Å². The normalized spacial score (nSPS) is 21.5. The molecule has 0 saturated carbocycles. The first-order chi connectivity index (χ1) is 12.1. The molecular formula is C18H19N3O4. The summed E-state index contributed by atoms with van der Waals surface area (Å²) in [6.07, 6.45) is -1.19. The molecule has 2 atom stereocenters. The fourth-order valence-corrected chi connectivity index (χ4v) is 3.77. The van der Waals surface area contributed by atoms with E-state index in [9.17, 15) is 14.7 Å². The Morgan fingerprint density at radius 3 is 2.60 bits per heavy atom. The predicted molar refractivity (Wildman–Crippen MR) is 91.2 cm³/mol. The molecule has 25 heavy (non-hydrogen) atoms. The molecule has 7 heteroatoms. The number of amides is 1. The van der Waals surface area contributed by atoms with Crippen LogP contribution in [0.15, 0.2) is 41.2 Å².